The molecule has 13 heteroatoms. The molecule has 3 heterocycles. The summed E-state index contributed by atoms with van der Waals surface area (Å²) in [4.78, 5) is 22.5. The number of aromatic nitrogens is 1. The van der Waals surface area contributed by atoms with Crippen molar-refractivity contribution in [3.8, 4) is 0 Å². The number of hydroxylamine groups is 1. The van der Waals surface area contributed by atoms with E-state index >= 15 is 4.39 Å². The van der Waals surface area contributed by atoms with E-state index < -0.39 is 44.8 Å². The van der Waals surface area contributed by atoms with Gasteiger partial charge in [0.1, 0.15) is 0 Å². The summed E-state index contributed by atoms with van der Waals surface area (Å²) in [6.07, 6.45) is -3.07. The fraction of sp³-hybridized carbons (Fsp3) is 0.250. The van der Waals surface area contributed by atoms with Crippen molar-refractivity contribution in [2.45, 2.75) is 24.4 Å². The predicted octanol–water partition coefficient (Wildman–Crippen LogP) is 6.08. The third-order valence-electron chi connectivity index (χ3n) is 6.33. The number of rotatable bonds is 4. The molecule has 194 valence electrons. The summed E-state index contributed by atoms with van der Waals surface area (Å²) in [5.74, 6) is -1.50. The molecular formula is C24H16Cl2F5N3O3. The minimum atomic E-state index is -4.97. The van der Waals surface area contributed by atoms with E-state index in [0.29, 0.717) is 5.69 Å². The number of hydrogen-bond donors (Lipinski definition) is 1. The molecule has 0 spiro atoms. The zero-order chi connectivity index (χ0) is 26.8. The number of carbonyl (C=O) groups excluding carboxylic acids is 1. The Balaban J connectivity index is 1.38. The van der Waals surface area contributed by atoms with Crippen molar-refractivity contribution in [3.05, 3.63) is 92.9 Å². The van der Waals surface area contributed by atoms with E-state index in [2.05, 4.69) is 10.5 Å². The van der Waals surface area contributed by atoms with Crippen molar-refractivity contribution in [1.82, 2.24) is 15.4 Å². The number of likely N-dealkylation sites (tertiary alicyclic amines) is 1. The summed E-state index contributed by atoms with van der Waals surface area (Å²) in [7, 11) is 0. The Morgan fingerprint density at radius 1 is 1.11 bits per heavy atom. The van der Waals surface area contributed by atoms with Gasteiger partial charge in [-0.05, 0) is 36.3 Å². The number of amides is 1. The minimum Gasteiger partial charge on any atom is -0.438 e. The first-order valence-corrected chi connectivity index (χ1v) is 11.5. The number of hydrogen-bond acceptors (Lipinski definition) is 5. The molecule has 1 fully saturated rings. The Labute approximate surface area is 216 Å². The molecule has 1 atom stereocenters. The van der Waals surface area contributed by atoms with Crippen molar-refractivity contribution in [1.29, 1.82) is 0 Å². The van der Waals surface area contributed by atoms with Gasteiger partial charge in [-0.25, -0.2) is 13.8 Å². The van der Waals surface area contributed by atoms with Crippen molar-refractivity contribution in [3.63, 3.8) is 0 Å². The first-order valence-electron chi connectivity index (χ1n) is 10.7. The van der Waals surface area contributed by atoms with Gasteiger partial charge in [-0.2, -0.15) is 13.2 Å². The molecule has 0 bridgehead atoms. The van der Waals surface area contributed by atoms with Crippen LogP contribution in [0.1, 0.15) is 32.9 Å². The lowest BCUT2D eigenvalue weighted by molar-refractivity contribution is -0.269. The number of halogens is 7. The lowest BCUT2D eigenvalue weighted by atomic mass is 9.86. The number of benzene rings is 2. The highest BCUT2D eigenvalue weighted by molar-refractivity contribution is 6.35. The third kappa shape index (κ3) is 4.14. The Bertz CT molecular complexity index is 1390. The third-order valence-corrected chi connectivity index (χ3v) is 6.88. The van der Waals surface area contributed by atoms with Gasteiger partial charge in [0.05, 0.1) is 34.5 Å². The smallest absolute Gasteiger partial charge is 0.428 e. The Kier molecular flexibility index (Phi) is 6.00. The zero-order valence-electron chi connectivity index (χ0n) is 18.8. The molecule has 2 aliphatic heterocycles. The van der Waals surface area contributed by atoms with Gasteiger partial charge in [-0.15, -0.1) is 0 Å². The second-order valence-electron chi connectivity index (χ2n) is 8.72. The van der Waals surface area contributed by atoms with Crippen LogP contribution in [0.3, 0.4) is 0 Å². The zero-order valence-corrected chi connectivity index (χ0v) is 20.3. The molecule has 1 saturated heterocycles. The van der Waals surface area contributed by atoms with Crippen molar-refractivity contribution >= 4 is 34.8 Å². The quantitative estimate of drug-likeness (QED) is 0.310. The second-order valence-corrected chi connectivity index (χ2v) is 9.53. The van der Waals surface area contributed by atoms with Crippen molar-refractivity contribution in [2.24, 2.45) is 0 Å². The Morgan fingerprint density at radius 2 is 1.73 bits per heavy atom. The second kappa shape index (κ2) is 8.71. The van der Waals surface area contributed by atoms with Crippen molar-refractivity contribution in [2.75, 3.05) is 13.1 Å². The molecule has 6 nitrogen and oxygen atoms in total. The molecule has 37 heavy (non-hydrogen) atoms. The Morgan fingerprint density at radius 3 is 2.27 bits per heavy atom. The van der Waals surface area contributed by atoms with Crippen LogP contribution in [0.15, 0.2) is 53.3 Å². The van der Waals surface area contributed by atoms with Gasteiger partial charge in [0.15, 0.2) is 17.9 Å². The van der Waals surface area contributed by atoms with Crippen LogP contribution in [-0.2, 0) is 16.1 Å². The number of nitrogens with one attached hydrogen (secondary N) is 1. The molecule has 5 rings (SSSR count). The maximum atomic E-state index is 15.4. The molecule has 1 amide bonds. The van der Waals surface area contributed by atoms with E-state index in [1.54, 1.807) is 6.92 Å². The molecule has 0 saturated carbocycles. The summed E-state index contributed by atoms with van der Waals surface area (Å²) >= 11 is 11.4. The molecule has 1 aromatic heterocycles. The lowest BCUT2D eigenvalue weighted by Crippen LogP contribution is -2.58. The van der Waals surface area contributed by atoms with E-state index in [1.807, 2.05) is 0 Å². The maximum absolute atomic E-state index is 15.4. The standard InChI is InChI=1S/C24H16Cl2F5N3O3/c1-12-20(36-11-32-12)21(35)34-9-22(28,10-34)14-4-2-13(3-5-14)18-8-23(37-33-18,24(29,30)31)15-6-16(25)19(27)17(26)7-15/h2-8,11,33H,9-10H2,1H3. The van der Waals surface area contributed by atoms with Crippen LogP contribution in [0.5, 0.6) is 0 Å². The highest BCUT2D eigenvalue weighted by Crippen LogP contribution is 2.49. The molecule has 0 aliphatic carbocycles. The number of alkyl halides is 4. The number of carbonyl (C=O) groups is 1. The summed E-state index contributed by atoms with van der Waals surface area (Å²) in [6.45, 7) is 1.15. The van der Waals surface area contributed by atoms with Crippen LogP contribution in [0.4, 0.5) is 22.0 Å². The van der Waals surface area contributed by atoms with Gasteiger partial charge in [0.2, 0.25) is 11.4 Å². The van der Waals surface area contributed by atoms with E-state index in [-0.39, 0.29) is 35.7 Å². The van der Waals surface area contributed by atoms with Gasteiger partial charge in [-0.3, -0.25) is 15.1 Å². The minimum absolute atomic E-state index is 0.0357. The molecule has 0 radical (unpaired) electrons. The molecule has 2 aromatic carbocycles. The van der Waals surface area contributed by atoms with Gasteiger partial charge in [0.25, 0.3) is 5.91 Å². The average molecular weight is 560 g/mol. The monoisotopic (exact) mass is 559 g/mol. The van der Waals surface area contributed by atoms with Crippen LogP contribution >= 0.6 is 23.2 Å². The van der Waals surface area contributed by atoms with Gasteiger partial charge >= 0.3 is 6.18 Å². The van der Waals surface area contributed by atoms with E-state index in [9.17, 15) is 22.4 Å². The normalized spacial score (nSPS) is 20.9. The van der Waals surface area contributed by atoms with E-state index in [1.165, 1.54) is 29.2 Å². The van der Waals surface area contributed by atoms with Crippen LogP contribution < -0.4 is 5.48 Å². The molecular weight excluding hydrogens is 544 g/mol. The first-order chi connectivity index (χ1) is 17.3. The molecule has 3 aromatic rings. The topological polar surface area (TPSA) is 67.6 Å². The molecule has 2 aliphatic rings. The summed E-state index contributed by atoms with van der Waals surface area (Å²) in [6, 6.07) is 7.24. The van der Waals surface area contributed by atoms with Crippen LogP contribution in [-0.4, -0.2) is 35.1 Å². The van der Waals surface area contributed by atoms with Crippen LogP contribution in [0.2, 0.25) is 10.0 Å². The van der Waals surface area contributed by atoms with Crippen molar-refractivity contribution < 1.29 is 36.0 Å². The van der Waals surface area contributed by atoms with Crippen LogP contribution in [0.25, 0.3) is 5.70 Å². The molecule has 1 N–H and O–H groups in total. The lowest BCUT2D eigenvalue weighted by Gasteiger charge is -2.44. The number of oxazole rings is 1. The van der Waals surface area contributed by atoms with Gasteiger partial charge in [-0.1, -0.05) is 47.5 Å². The SMILES string of the molecule is Cc1ncoc1C(=O)N1CC(F)(c2ccc(C3=CC(c4cc(Cl)c(F)c(Cl)c4)(C(F)(F)F)ON3)cc2)C1. The van der Waals surface area contributed by atoms with E-state index in [4.69, 9.17) is 32.5 Å². The summed E-state index contributed by atoms with van der Waals surface area (Å²) < 4.78 is 76.8. The fourth-order valence-corrected chi connectivity index (χ4v) is 4.73. The highest BCUT2D eigenvalue weighted by atomic mass is 35.5. The summed E-state index contributed by atoms with van der Waals surface area (Å²) in [5.41, 5.74) is -2.27. The number of aryl methyl sites for hydroxylation is 1. The first kappa shape index (κ1) is 25.5. The van der Waals surface area contributed by atoms with Gasteiger partial charge in [0, 0.05) is 5.56 Å². The van der Waals surface area contributed by atoms with Crippen LogP contribution in [0, 0.1) is 12.7 Å². The maximum Gasteiger partial charge on any atom is 0.428 e. The number of nitrogens with zero attached hydrogens (tertiary/aromatic N) is 2. The van der Waals surface area contributed by atoms with E-state index in [0.717, 1.165) is 24.6 Å². The Hall–Kier alpha value is -3.15. The highest BCUT2D eigenvalue weighted by Gasteiger charge is 2.60. The fourth-order valence-electron chi connectivity index (χ4n) is 4.24. The van der Waals surface area contributed by atoms with Gasteiger partial charge < -0.3 is 9.32 Å². The largest absolute Gasteiger partial charge is 0.438 e. The molecule has 1 unspecified atom stereocenters. The average Bonchev–Trinajstić information content (AvgIpc) is 3.47. The summed E-state index contributed by atoms with van der Waals surface area (Å²) in [5, 5.41) is -1.19. The predicted molar refractivity (Wildman–Crippen MR) is 123 cm³/mol.